The van der Waals surface area contributed by atoms with Crippen LogP contribution in [0.2, 0.25) is 0 Å². The van der Waals surface area contributed by atoms with E-state index in [1.807, 2.05) is 66.7 Å². The molecule has 38 heavy (non-hydrogen) atoms. The zero-order valence-electron chi connectivity index (χ0n) is 22.0. The van der Waals surface area contributed by atoms with Crippen LogP contribution in [0, 0.1) is 5.92 Å². The van der Waals surface area contributed by atoms with Crippen molar-refractivity contribution in [2.75, 3.05) is 13.2 Å². The van der Waals surface area contributed by atoms with Crippen molar-refractivity contribution in [3.05, 3.63) is 97.1 Å². The first-order chi connectivity index (χ1) is 18.5. The third-order valence-electron chi connectivity index (χ3n) is 6.13. The Morgan fingerprint density at radius 3 is 2.24 bits per heavy atom. The van der Waals surface area contributed by atoms with Crippen molar-refractivity contribution < 1.29 is 24.2 Å². The lowest BCUT2D eigenvalue weighted by Gasteiger charge is -2.23. The van der Waals surface area contributed by atoms with Gasteiger partial charge in [-0.3, -0.25) is 14.4 Å². The van der Waals surface area contributed by atoms with E-state index in [-0.39, 0.29) is 37.4 Å². The van der Waals surface area contributed by atoms with E-state index in [1.165, 1.54) is 0 Å². The molecule has 0 radical (unpaired) electrons. The highest BCUT2D eigenvalue weighted by Crippen LogP contribution is 2.18. The number of unbranched alkanes of at least 4 members (excludes halogenated alkanes) is 2. The maximum atomic E-state index is 13.2. The normalized spacial score (nSPS) is 13.0. The molecule has 0 heterocycles. The molecular weight excluding hydrogens is 480 g/mol. The highest BCUT2D eigenvalue weighted by atomic mass is 16.5. The van der Waals surface area contributed by atoms with Crippen LogP contribution in [0.5, 0.6) is 0 Å². The minimum atomic E-state index is -0.663. The highest BCUT2D eigenvalue weighted by Gasteiger charge is 2.25. The molecule has 0 unspecified atom stereocenters. The topological polar surface area (TPSA) is 105 Å². The van der Waals surface area contributed by atoms with Gasteiger partial charge in [0.1, 0.15) is 6.61 Å². The van der Waals surface area contributed by atoms with Crippen molar-refractivity contribution in [3.63, 3.8) is 0 Å². The van der Waals surface area contributed by atoms with Gasteiger partial charge in [-0.1, -0.05) is 72.8 Å². The molecule has 0 saturated carbocycles. The number of benzene rings is 2. The monoisotopic (exact) mass is 520 g/mol. The molecule has 0 fully saturated rings. The Morgan fingerprint density at radius 2 is 1.61 bits per heavy atom. The second-order valence-corrected chi connectivity index (χ2v) is 9.25. The van der Waals surface area contributed by atoms with Crippen LogP contribution in [0.3, 0.4) is 0 Å². The largest absolute Gasteiger partial charge is 0.463 e. The van der Waals surface area contributed by atoms with Gasteiger partial charge in [-0.2, -0.15) is 0 Å². The van der Waals surface area contributed by atoms with Crippen molar-refractivity contribution in [2.45, 2.75) is 57.0 Å². The van der Waals surface area contributed by atoms with E-state index in [1.54, 1.807) is 6.08 Å². The summed E-state index contributed by atoms with van der Waals surface area (Å²) in [6.07, 6.45) is 6.87. The van der Waals surface area contributed by atoms with Crippen molar-refractivity contribution in [3.8, 4) is 0 Å². The van der Waals surface area contributed by atoms with E-state index in [4.69, 9.17) is 4.74 Å². The first-order valence-electron chi connectivity index (χ1n) is 13.1. The molecule has 0 aliphatic carbocycles. The Morgan fingerprint density at radius 1 is 0.921 bits per heavy atom. The van der Waals surface area contributed by atoms with Crippen LogP contribution in [0.15, 0.2) is 86.0 Å². The summed E-state index contributed by atoms with van der Waals surface area (Å²) in [5.74, 6) is -1.65. The van der Waals surface area contributed by atoms with E-state index in [2.05, 4.69) is 23.8 Å². The van der Waals surface area contributed by atoms with Crippen LogP contribution < -0.4 is 10.6 Å². The van der Waals surface area contributed by atoms with Crippen molar-refractivity contribution in [1.29, 1.82) is 0 Å². The number of allylic oxidation sites excluding steroid dienone is 2. The summed E-state index contributed by atoms with van der Waals surface area (Å²) < 4.78 is 5.48. The molecule has 7 nitrogen and oxygen atoms in total. The number of nitrogens with one attached hydrogen (secondary N) is 2. The summed E-state index contributed by atoms with van der Waals surface area (Å²) in [6, 6.07) is 17.8. The number of esters is 1. The number of ether oxygens (including phenoxy) is 1. The average molecular weight is 521 g/mol. The summed E-state index contributed by atoms with van der Waals surface area (Å²) >= 11 is 0. The van der Waals surface area contributed by atoms with Crippen LogP contribution in [0.4, 0.5) is 0 Å². The number of rotatable bonds is 18. The van der Waals surface area contributed by atoms with Crippen LogP contribution in [-0.4, -0.2) is 42.1 Å². The Kier molecular flexibility index (Phi) is 14.2. The van der Waals surface area contributed by atoms with Crippen molar-refractivity contribution in [1.82, 2.24) is 10.6 Å². The first kappa shape index (κ1) is 30.5. The van der Waals surface area contributed by atoms with Crippen LogP contribution >= 0.6 is 0 Å². The van der Waals surface area contributed by atoms with Crippen LogP contribution in [0.25, 0.3) is 0 Å². The van der Waals surface area contributed by atoms with Gasteiger partial charge in [0, 0.05) is 12.8 Å². The van der Waals surface area contributed by atoms with Crippen LogP contribution in [0.1, 0.15) is 55.7 Å². The molecule has 3 N–H and O–H groups in total. The Labute approximate surface area is 226 Å². The van der Waals surface area contributed by atoms with Crippen molar-refractivity contribution >= 4 is 17.8 Å². The third-order valence-corrected chi connectivity index (χ3v) is 6.13. The van der Waals surface area contributed by atoms with Gasteiger partial charge in [-0.05, 0) is 43.2 Å². The Bertz CT molecular complexity index is 1010. The molecule has 3 atom stereocenters. The maximum Gasteiger partial charge on any atom is 0.305 e. The van der Waals surface area contributed by atoms with Crippen molar-refractivity contribution in [2.24, 2.45) is 5.92 Å². The number of amides is 2. The number of aliphatic hydroxyl groups excluding tert-OH is 1. The van der Waals surface area contributed by atoms with Gasteiger partial charge in [0.2, 0.25) is 11.8 Å². The van der Waals surface area contributed by atoms with Gasteiger partial charge >= 0.3 is 5.97 Å². The molecule has 0 saturated heterocycles. The molecule has 204 valence electrons. The van der Waals surface area contributed by atoms with Crippen LogP contribution in [-0.2, 0) is 25.5 Å². The lowest BCUT2D eigenvalue weighted by Crippen LogP contribution is -2.42. The number of hydrogen-bond donors (Lipinski definition) is 3. The molecule has 2 rings (SSSR count). The fourth-order valence-electron chi connectivity index (χ4n) is 4.06. The van der Waals surface area contributed by atoms with E-state index >= 15 is 0 Å². The molecule has 2 aromatic carbocycles. The molecule has 0 aliphatic heterocycles. The van der Waals surface area contributed by atoms with Gasteiger partial charge in [0.05, 0.1) is 24.6 Å². The fourth-order valence-corrected chi connectivity index (χ4v) is 4.06. The van der Waals surface area contributed by atoms with Gasteiger partial charge < -0.3 is 20.5 Å². The van der Waals surface area contributed by atoms with E-state index in [0.717, 1.165) is 24.0 Å². The highest BCUT2D eigenvalue weighted by molar-refractivity contribution is 5.86. The summed E-state index contributed by atoms with van der Waals surface area (Å²) in [6.45, 7) is 7.19. The number of aliphatic hydroxyl groups is 1. The lowest BCUT2D eigenvalue weighted by molar-refractivity contribution is -0.145. The zero-order chi connectivity index (χ0) is 27.6. The quantitative estimate of drug-likeness (QED) is 0.153. The molecule has 2 amide bonds. The minimum absolute atomic E-state index is 0.00723. The van der Waals surface area contributed by atoms with E-state index in [0.29, 0.717) is 25.7 Å². The van der Waals surface area contributed by atoms with Gasteiger partial charge in [-0.25, -0.2) is 0 Å². The smallest absolute Gasteiger partial charge is 0.305 e. The first-order valence-corrected chi connectivity index (χ1v) is 13.1. The summed E-state index contributed by atoms with van der Waals surface area (Å²) in [5, 5.41) is 15.5. The molecule has 0 spiro atoms. The third kappa shape index (κ3) is 11.6. The molecule has 2 aromatic rings. The van der Waals surface area contributed by atoms with E-state index < -0.39 is 18.0 Å². The minimum Gasteiger partial charge on any atom is -0.463 e. The molecule has 0 bridgehead atoms. The summed E-state index contributed by atoms with van der Waals surface area (Å²) in [4.78, 5) is 38.3. The number of carbonyl (C=O) groups excluding carboxylic acids is 3. The van der Waals surface area contributed by atoms with Gasteiger partial charge in [0.25, 0.3) is 0 Å². The molecular formula is C31H40N2O5. The second-order valence-electron chi connectivity index (χ2n) is 9.25. The summed E-state index contributed by atoms with van der Waals surface area (Å²) in [7, 11) is 0. The zero-order valence-corrected chi connectivity index (χ0v) is 22.0. The number of hydrogen-bond acceptors (Lipinski definition) is 5. The fraction of sp³-hybridized carbons (Fsp3) is 0.387. The standard InChI is InChI=1S/C31H40N2O5/c1-3-5-6-13-19-30(36)38-23-28(25-17-11-8-12-18-25)33-31(37)26(14-4-2)21-29(35)32-27(22-34)20-24-15-9-7-10-16-24/h3-4,7-12,15-18,26-28,34H,1-2,5-6,13-14,19-23H2,(H,32,35)(H,33,37)/t26-,27-,28+/m0/s1. The summed E-state index contributed by atoms with van der Waals surface area (Å²) in [5.41, 5.74) is 1.79. The Hall–Kier alpha value is -3.71. The lowest BCUT2D eigenvalue weighted by atomic mass is 9.98. The second kappa shape index (κ2) is 17.7. The van der Waals surface area contributed by atoms with Gasteiger partial charge in [-0.15, -0.1) is 13.2 Å². The molecule has 7 heteroatoms. The average Bonchev–Trinajstić information content (AvgIpc) is 2.93. The van der Waals surface area contributed by atoms with E-state index in [9.17, 15) is 19.5 Å². The predicted octanol–water partition coefficient (Wildman–Crippen LogP) is 4.44. The van der Waals surface area contributed by atoms with Gasteiger partial charge in [0.15, 0.2) is 0 Å². The SMILES string of the molecule is C=CCCCCC(=O)OC[C@@H](NC(=O)[C@@H](CC=C)CC(=O)N[C@H](CO)Cc1ccccc1)c1ccccc1. The molecule has 0 aliphatic rings. The number of carbonyl (C=O) groups is 3. The Balaban J connectivity index is 1.99. The maximum absolute atomic E-state index is 13.2. The molecule has 0 aromatic heterocycles. The predicted molar refractivity (Wildman–Crippen MR) is 149 cm³/mol.